The summed E-state index contributed by atoms with van der Waals surface area (Å²) in [6.45, 7) is 7.50. The highest BCUT2D eigenvalue weighted by Crippen LogP contribution is 2.23. The van der Waals surface area contributed by atoms with E-state index in [1.165, 1.54) is 0 Å². The van der Waals surface area contributed by atoms with Crippen molar-refractivity contribution in [2.75, 3.05) is 7.11 Å². The quantitative estimate of drug-likeness (QED) is 0.788. The van der Waals surface area contributed by atoms with Crippen LogP contribution in [-0.4, -0.2) is 12.2 Å². The van der Waals surface area contributed by atoms with E-state index in [1.807, 2.05) is 38.1 Å². The fourth-order valence-corrected chi connectivity index (χ4v) is 1.00. The summed E-state index contributed by atoms with van der Waals surface area (Å²) in [5.74, 6) is 0.773. The molecule has 1 aromatic rings. The lowest BCUT2D eigenvalue weighted by molar-refractivity contribution is 0.0783. The molecular formula is C12H20O2. The van der Waals surface area contributed by atoms with Crippen LogP contribution in [0.1, 0.15) is 33.3 Å². The van der Waals surface area contributed by atoms with Gasteiger partial charge in [0.05, 0.1) is 12.7 Å². The molecule has 0 atom stereocenters. The molecule has 0 bridgehead atoms. The maximum absolute atomic E-state index is 9.65. The molecule has 14 heavy (non-hydrogen) atoms. The zero-order chi connectivity index (χ0) is 11.2. The highest BCUT2D eigenvalue weighted by atomic mass is 16.5. The summed E-state index contributed by atoms with van der Waals surface area (Å²) in [6.07, 6.45) is 0. The molecule has 0 aromatic heterocycles. The minimum absolute atomic E-state index is 0.773. The SMILES string of the molecule is CC.COc1cccc(C(C)(C)O)c1. The van der Waals surface area contributed by atoms with E-state index in [-0.39, 0.29) is 0 Å². The van der Waals surface area contributed by atoms with Crippen LogP contribution in [-0.2, 0) is 5.60 Å². The number of hydrogen-bond acceptors (Lipinski definition) is 2. The van der Waals surface area contributed by atoms with Crippen molar-refractivity contribution in [1.82, 2.24) is 0 Å². The predicted octanol–water partition coefficient (Wildman–Crippen LogP) is 2.95. The summed E-state index contributed by atoms with van der Waals surface area (Å²) >= 11 is 0. The first-order chi connectivity index (χ1) is 6.54. The van der Waals surface area contributed by atoms with E-state index < -0.39 is 5.60 Å². The van der Waals surface area contributed by atoms with E-state index >= 15 is 0 Å². The molecule has 0 unspecified atom stereocenters. The van der Waals surface area contributed by atoms with Gasteiger partial charge >= 0.3 is 0 Å². The van der Waals surface area contributed by atoms with Gasteiger partial charge in [-0.1, -0.05) is 26.0 Å². The summed E-state index contributed by atoms with van der Waals surface area (Å²) in [5.41, 5.74) is 0.0657. The summed E-state index contributed by atoms with van der Waals surface area (Å²) in [4.78, 5) is 0. The average Bonchev–Trinajstić information content (AvgIpc) is 2.20. The molecule has 2 heteroatoms. The molecule has 0 aliphatic heterocycles. The molecule has 0 radical (unpaired) electrons. The Labute approximate surface area is 86.5 Å². The first-order valence-electron chi connectivity index (χ1n) is 4.91. The van der Waals surface area contributed by atoms with Crippen LogP contribution in [0.4, 0.5) is 0 Å². The zero-order valence-corrected chi connectivity index (χ0v) is 9.66. The first-order valence-corrected chi connectivity index (χ1v) is 4.91. The summed E-state index contributed by atoms with van der Waals surface area (Å²) in [5, 5.41) is 9.65. The Hall–Kier alpha value is -1.02. The van der Waals surface area contributed by atoms with E-state index in [4.69, 9.17) is 4.74 Å². The largest absolute Gasteiger partial charge is 0.497 e. The van der Waals surface area contributed by atoms with Gasteiger partial charge in [-0.3, -0.25) is 0 Å². The van der Waals surface area contributed by atoms with E-state index in [0.717, 1.165) is 11.3 Å². The maximum Gasteiger partial charge on any atom is 0.119 e. The van der Waals surface area contributed by atoms with Crippen molar-refractivity contribution in [2.24, 2.45) is 0 Å². The zero-order valence-electron chi connectivity index (χ0n) is 9.66. The topological polar surface area (TPSA) is 29.5 Å². The molecule has 2 nitrogen and oxygen atoms in total. The van der Waals surface area contributed by atoms with Crippen LogP contribution in [0.5, 0.6) is 5.75 Å². The molecule has 0 amide bonds. The number of hydrogen-bond donors (Lipinski definition) is 1. The summed E-state index contributed by atoms with van der Waals surface area (Å²) < 4.78 is 5.04. The van der Waals surface area contributed by atoms with Crippen LogP contribution in [0.2, 0.25) is 0 Å². The van der Waals surface area contributed by atoms with Gasteiger partial charge in [-0.2, -0.15) is 0 Å². The van der Waals surface area contributed by atoms with Crippen molar-refractivity contribution in [3.8, 4) is 5.75 Å². The van der Waals surface area contributed by atoms with Crippen LogP contribution in [0.25, 0.3) is 0 Å². The van der Waals surface area contributed by atoms with E-state index in [1.54, 1.807) is 21.0 Å². The molecule has 1 aromatic carbocycles. The van der Waals surface area contributed by atoms with Gasteiger partial charge in [0, 0.05) is 0 Å². The molecule has 0 heterocycles. The van der Waals surface area contributed by atoms with Crippen molar-refractivity contribution in [3.63, 3.8) is 0 Å². The fraction of sp³-hybridized carbons (Fsp3) is 0.500. The third-order valence-electron chi connectivity index (χ3n) is 1.78. The Kier molecular flexibility index (Phi) is 5.24. The van der Waals surface area contributed by atoms with Gasteiger partial charge in [0.2, 0.25) is 0 Å². The van der Waals surface area contributed by atoms with Crippen LogP contribution in [0.15, 0.2) is 24.3 Å². The number of aliphatic hydroxyl groups is 1. The normalized spacial score (nSPS) is 10.1. The second kappa shape index (κ2) is 5.66. The number of benzene rings is 1. The average molecular weight is 196 g/mol. The first kappa shape index (κ1) is 13.0. The van der Waals surface area contributed by atoms with Crippen LogP contribution in [0.3, 0.4) is 0 Å². The van der Waals surface area contributed by atoms with Crippen molar-refractivity contribution in [3.05, 3.63) is 29.8 Å². The number of rotatable bonds is 2. The second-order valence-corrected chi connectivity index (χ2v) is 3.29. The Morgan fingerprint density at radius 1 is 1.21 bits per heavy atom. The van der Waals surface area contributed by atoms with Gasteiger partial charge in [0.1, 0.15) is 5.75 Å². The lowest BCUT2D eigenvalue weighted by atomic mass is 9.98. The van der Waals surface area contributed by atoms with Gasteiger partial charge < -0.3 is 9.84 Å². The highest BCUT2D eigenvalue weighted by Gasteiger charge is 2.15. The molecule has 1 N–H and O–H groups in total. The highest BCUT2D eigenvalue weighted by molar-refractivity contribution is 5.31. The maximum atomic E-state index is 9.65. The van der Waals surface area contributed by atoms with E-state index in [0.29, 0.717) is 0 Å². The molecule has 0 fully saturated rings. The summed E-state index contributed by atoms with van der Waals surface area (Å²) in [6, 6.07) is 7.43. The van der Waals surface area contributed by atoms with Crippen LogP contribution in [0, 0.1) is 0 Å². The van der Waals surface area contributed by atoms with Crippen molar-refractivity contribution < 1.29 is 9.84 Å². The molecule has 80 valence electrons. The standard InChI is InChI=1S/C10H14O2.C2H6/c1-10(2,11)8-5-4-6-9(7-8)12-3;1-2/h4-7,11H,1-3H3;1-2H3. The lowest BCUT2D eigenvalue weighted by Crippen LogP contribution is -2.15. The van der Waals surface area contributed by atoms with Crippen molar-refractivity contribution in [2.45, 2.75) is 33.3 Å². The van der Waals surface area contributed by atoms with Crippen molar-refractivity contribution >= 4 is 0 Å². The molecule has 0 spiro atoms. The monoisotopic (exact) mass is 196 g/mol. The molecule has 1 rings (SSSR count). The third-order valence-corrected chi connectivity index (χ3v) is 1.78. The number of methoxy groups -OCH3 is 1. The second-order valence-electron chi connectivity index (χ2n) is 3.29. The lowest BCUT2D eigenvalue weighted by Gasteiger charge is -2.17. The van der Waals surface area contributed by atoms with Gasteiger partial charge in [-0.15, -0.1) is 0 Å². The van der Waals surface area contributed by atoms with E-state index in [9.17, 15) is 5.11 Å². The molecule has 0 aliphatic carbocycles. The molecule has 0 saturated carbocycles. The smallest absolute Gasteiger partial charge is 0.119 e. The molecular weight excluding hydrogens is 176 g/mol. The fourth-order valence-electron chi connectivity index (χ4n) is 1.00. The Bertz CT molecular complexity index is 261. The van der Waals surface area contributed by atoms with Crippen molar-refractivity contribution in [1.29, 1.82) is 0 Å². The minimum Gasteiger partial charge on any atom is -0.497 e. The Morgan fingerprint density at radius 3 is 2.21 bits per heavy atom. The van der Waals surface area contributed by atoms with E-state index in [2.05, 4.69) is 0 Å². The summed E-state index contributed by atoms with van der Waals surface area (Å²) in [7, 11) is 1.61. The number of ether oxygens (including phenoxy) is 1. The van der Waals surface area contributed by atoms with Gasteiger partial charge in [0.25, 0.3) is 0 Å². The predicted molar refractivity (Wildman–Crippen MR) is 59.6 cm³/mol. The van der Waals surface area contributed by atoms with Gasteiger partial charge in [-0.05, 0) is 31.5 Å². The van der Waals surface area contributed by atoms with Crippen LogP contribution < -0.4 is 4.74 Å². The third kappa shape index (κ3) is 3.79. The van der Waals surface area contributed by atoms with Gasteiger partial charge in [-0.25, -0.2) is 0 Å². The van der Waals surface area contributed by atoms with Crippen LogP contribution >= 0.6 is 0 Å². The molecule has 0 saturated heterocycles. The molecule has 0 aliphatic rings. The Morgan fingerprint density at radius 2 is 1.79 bits per heavy atom. The Balaban J connectivity index is 0.000000791. The van der Waals surface area contributed by atoms with Gasteiger partial charge in [0.15, 0.2) is 0 Å². The minimum atomic E-state index is -0.797.